The maximum Gasteiger partial charge on any atom is 0.230 e. The third-order valence-electron chi connectivity index (χ3n) is 5.27. The van der Waals surface area contributed by atoms with Gasteiger partial charge in [-0.2, -0.15) is 0 Å². The average molecular weight is 337 g/mol. The van der Waals surface area contributed by atoms with Crippen LogP contribution >= 0.6 is 12.4 Å². The van der Waals surface area contributed by atoms with Gasteiger partial charge in [-0.05, 0) is 42.3 Å². The molecule has 1 atom stereocenters. The largest absolute Gasteiger partial charge is 0.338 e. The Morgan fingerprint density at radius 3 is 2.43 bits per heavy atom. The maximum atomic E-state index is 12.8. The van der Waals surface area contributed by atoms with Crippen molar-refractivity contribution in [2.45, 2.75) is 52.0 Å². The van der Waals surface area contributed by atoms with Crippen LogP contribution in [0.2, 0.25) is 0 Å². The van der Waals surface area contributed by atoms with Gasteiger partial charge in [0.1, 0.15) is 0 Å². The van der Waals surface area contributed by atoms with E-state index in [0.29, 0.717) is 5.91 Å². The normalized spacial score (nSPS) is 24.8. The lowest BCUT2D eigenvalue weighted by Crippen LogP contribution is -2.45. The summed E-state index contributed by atoms with van der Waals surface area (Å²) in [5.74, 6) is 0.361. The fourth-order valence-electron chi connectivity index (χ4n) is 3.74. The molecule has 0 aliphatic carbocycles. The topological polar surface area (TPSA) is 32.3 Å². The summed E-state index contributed by atoms with van der Waals surface area (Å²) in [5.41, 5.74) is 2.66. The summed E-state index contributed by atoms with van der Waals surface area (Å²) in [4.78, 5) is 14.9. The molecule has 2 heterocycles. The van der Waals surface area contributed by atoms with E-state index >= 15 is 0 Å². The van der Waals surface area contributed by atoms with E-state index in [1.807, 2.05) is 0 Å². The van der Waals surface area contributed by atoms with Crippen LogP contribution in [0.15, 0.2) is 24.3 Å². The molecule has 0 aromatic heterocycles. The molecule has 23 heavy (non-hydrogen) atoms. The highest BCUT2D eigenvalue weighted by Crippen LogP contribution is 2.38. The second kappa shape index (κ2) is 6.82. The lowest BCUT2D eigenvalue weighted by atomic mass is 9.79. The van der Waals surface area contributed by atoms with Gasteiger partial charge < -0.3 is 10.2 Å². The fourth-order valence-corrected chi connectivity index (χ4v) is 3.74. The van der Waals surface area contributed by atoms with E-state index < -0.39 is 0 Å². The van der Waals surface area contributed by atoms with E-state index in [0.717, 1.165) is 45.4 Å². The molecule has 1 unspecified atom stereocenters. The molecule has 2 fully saturated rings. The summed E-state index contributed by atoms with van der Waals surface area (Å²) in [6.45, 7) is 10.3. The van der Waals surface area contributed by atoms with Gasteiger partial charge in [-0.25, -0.2) is 0 Å². The average Bonchev–Trinajstić information content (AvgIpc) is 2.77. The first kappa shape index (κ1) is 18.3. The Labute approximate surface area is 146 Å². The molecule has 1 amide bonds. The number of piperidine rings is 1. The van der Waals surface area contributed by atoms with Gasteiger partial charge in [0.05, 0.1) is 5.41 Å². The van der Waals surface area contributed by atoms with E-state index in [2.05, 4.69) is 55.3 Å². The molecule has 1 spiro atoms. The Balaban J connectivity index is 0.00000192. The van der Waals surface area contributed by atoms with Crippen LogP contribution in [0.4, 0.5) is 0 Å². The summed E-state index contributed by atoms with van der Waals surface area (Å²) in [7, 11) is 0. The number of benzene rings is 1. The third kappa shape index (κ3) is 3.72. The lowest BCUT2D eigenvalue weighted by molar-refractivity contribution is -0.137. The molecule has 0 bridgehead atoms. The molecular formula is C19H29ClN2O. The number of nitrogens with one attached hydrogen (secondary N) is 1. The molecular weight excluding hydrogens is 308 g/mol. The molecule has 4 heteroatoms. The Bertz CT molecular complexity index is 541. The highest BCUT2D eigenvalue weighted by atomic mass is 35.5. The van der Waals surface area contributed by atoms with Crippen LogP contribution in [-0.4, -0.2) is 30.4 Å². The predicted molar refractivity (Wildman–Crippen MR) is 97.0 cm³/mol. The van der Waals surface area contributed by atoms with Crippen molar-refractivity contribution in [3.05, 3.63) is 35.4 Å². The third-order valence-corrected chi connectivity index (χ3v) is 5.27. The predicted octanol–water partition coefficient (Wildman–Crippen LogP) is 3.51. The Kier molecular flexibility index (Phi) is 5.42. The van der Waals surface area contributed by atoms with Gasteiger partial charge in [-0.3, -0.25) is 4.79 Å². The number of likely N-dealkylation sites (tertiary alicyclic amines) is 1. The summed E-state index contributed by atoms with van der Waals surface area (Å²) < 4.78 is 0. The Hall–Kier alpha value is -1.06. The van der Waals surface area contributed by atoms with Crippen molar-refractivity contribution in [2.24, 2.45) is 5.41 Å². The van der Waals surface area contributed by atoms with Crippen molar-refractivity contribution < 1.29 is 4.79 Å². The quantitative estimate of drug-likeness (QED) is 0.896. The van der Waals surface area contributed by atoms with Gasteiger partial charge in [-0.15, -0.1) is 12.4 Å². The molecule has 2 aliphatic heterocycles. The number of hydrogen-bond donors (Lipinski definition) is 1. The number of hydrogen-bond acceptors (Lipinski definition) is 2. The molecule has 0 saturated carbocycles. The van der Waals surface area contributed by atoms with E-state index in [9.17, 15) is 4.79 Å². The van der Waals surface area contributed by atoms with E-state index in [1.165, 1.54) is 11.1 Å². The van der Waals surface area contributed by atoms with Crippen LogP contribution in [0.1, 0.15) is 51.2 Å². The van der Waals surface area contributed by atoms with Crippen molar-refractivity contribution in [1.29, 1.82) is 0 Å². The van der Waals surface area contributed by atoms with Crippen molar-refractivity contribution in [3.63, 3.8) is 0 Å². The van der Waals surface area contributed by atoms with Crippen molar-refractivity contribution in [2.75, 3.05) is 19.6 Å². The summed E-state index contributed by atoms with van der Waals surface area (Å²) >= 11 is 0. The Morgan fingerprint density at radius 1 is 1.17 bits per heavy atom. The van der Waals surface area contributed by atoms with E-state index in [1.54, 1.807) is 0 Å². The van der Waals surface area contributed by atoms with Crippen LogP contribution in [-0.2, 0) is 16.8 Å². The standard InChI is InChI=1S/C19H28N2O.ClH/c1-18(2,3)16-7-5-15(6-8-16)13-21-12-10-19(17(21)22)9-4-11-20-14-19;/h5-8,20H,4,9-14H2,1-3H3;1H. The Morgan fingerprint density at radius 2 is 1.87 bits per heavy atom. The highest BCUT2D eigenvalue weighted by molar-refractivity contribution is 5.85. The summed E-state index contributed by atoms with van der Waals surface area (Å²) in [6, 6.07) is 8.76. The van der Waals surface area contributed by atoms with Crippen molar-refractivity contribution in [1.82, 2.24) is 10.2 Å². The van der Waals surface area contributed by atoms with Crippen molar-refractivity contribution in [3.8, 4) is 0 Å². The second-order valence-electron chi connectivity index (χ2n) is 7.98. The van der Waals surface area contributed by atoms with Gasteiger partial charge in [0.15, 0.2) is 0 Å². The van der Waals surface area contributed by atoms with Crippen LogP contribution in [0, 0.1) is 5.41 Å². The minimum atomic E-state index is -0.108. The van der Waals surface area contributed by atoms with Gasteiger partial charge in [0.2, 0.25) is 5.91 Å². The molecule has 128 valence electrons. The molecule has 3 rings (SSSR count). The number of carbonyl (C=O) groups excluding carboxylic acids is 1. The first-order valence-electron chi connectivity index (χ1n) is 8.50. The number of nitrogens with zero attached hydrogens (tertiary/aromatic N) is 1. The summed E-state index contributed by atoms with van der Waals surface area (Å²) in [5, 5.41) is 3.41. The van der Waals surface area contributed by atoms with Crippen LogP contribution in [0.3, 0.4) is 0 Å². The minimum Gasteiger partial charge on any atom is -0.338 e. The zero-order valence-electron chi connectivity index (χ0n) is 14.5. The van der Waals surface area contributed by atoms with Crippen molar-refractivity contribution >= 4 is 18.3 Å². The zero-order chi connectivity index (χ0) is 15.8. The first-order chi connectivity index (χ1) is 10.4. The number of carbonyl (C=O) groups is 1. The van der Waals surface area contributed by atoms with Gasteiger partial charge in [0.25, 0.3) is 0 Å². The molecule has 2 saturated heterocycles. The van der Waals surface area contributed by atoms with E-state index in [-0.39, 0.29) is 23.2 Å². The van der Waals surface area contributed by atoms with Crippen LogP contribution in [0.5, 0.6) is 0 Å². The molecule has 1 aromatic carbocycles. The highest BCUT2D eigenvalue weighted by Gasteiger charge is 2.46. The van der Waals surface area contributed by atoms with Crippen LogP contribution in [0.25, 0.3) is 0 Å². The smallest absolute Gasteiger partial charge is 0.230 e. The van der Waals surface area contributed by atoms with Crippen LogP contribution < -0.4 is 5.32 Å². The molecule has 0 radical (unpaired) electrons. The zero-order valence-corrected chi connectivity index (χ0v) is 15.3. The van der Waals surface area contributed by atoms with Gasteiger partial charge in [-0.1, -0.05) is 45.0 Å². The first-order valence-corrected chi connectivity index (χ1v) is 8.50. The number of halogens is 1. The fraction of sp³-hybridized carbons (Fsp3) is 0.632. The monoisotopic (exact) mass is 336 g/mol. The SMILES string of the molecule is CC(C)(C)c1ccc(CN2CCC3(CCCNC3)C2=O)cc1.Cl. The lowest BCUT2D eigenvalue weighted by Gasteiger charge is -2.32. The van der Waals surface area contributed by atoms with Gasteiger partial charge in [0, 0.05) is 19.6 Å². The molecule has 1 aromatic rings. The maximum absolute atomic E-state index is 12.8. The number of rotatable bonds is 2. The minimum absolute atomic E-state index is 0. The molecule has 3 nitrogen and oxygen atoms in total. The number of amides is 1. The summed E-state index contributed by atoms with van der Waals surface area (Å²) in [6.07, 6.45) is 3.19. The van der Waals surface area contributed by atoms with Gasteiger partial charge >= 0.3 is 0 Å². The molecule has 1 N–H and O–H groups in total. The second-order valence-corrected chi connectivity index (χ2v) is 7.98. The molecule has 2 aliphatic rings. The van der Waals surface area contributed by atoms with E-state index in [4.69, 9.17) is 0 Å².